The summed E-state index contributed by atoms with van der Waals surface area (Å²) in [7, 11) is 0. The second-order valence-electron chi connectivity index (χ2n) is 9.14. The molecule has 4 rings (SSSR count). The van der Waals surface area contributed by atoms with Gasteiger partial charge in [-0.1, -0.05) is 44.2 Å². The maximum absolute atomic E-state index is 12.8. The number of rotatable bonds is 10. The minimum Gasteiger partial charge on any atom is -0.484 e. The summed E-state index contributed by atoms with van der Waals surface area (Å²) in [4.78, 5) is 61.3. The second kappa shape index (κ2) is 12.4. The highest BCUT2D eigenvalue weighted by atomic mass is 32.2. The van der Waals surface area contributed by atoms with Gasteiger partial charge in [0.1, 0.15) is 5.75 Å². The topological polar surface area (TPSA) is 136 Å². The largest absolute Gasteiger partial charge is 0.484 e. The van der Waals surface area contributed by atoms with Gasteiger partial charge in [0.25, 0.3) is 22.7 Å². The van der Waals surface area contributed by atoms with Crippen molar-refractivity contribution in [2.24, 2.45) is 0 Å². The van der Waals surface area contributed by atoms with Gasteiger partial charge in [-0.25, -0.2) is 0 Å². The number of benzene rings is 3. The molecule has 204 valence electrons. The van der Waals surface area contributed by atoms with Crippen LogP contribution in [0.2, 0.25) is 0 Å². The number of anilines is 1. The highest BCUT2D eigenvalue weighted by molar-refractivity contribution is 8.18. The van der Waals surface area contributed by atoms with Crippen molar-refractivity contribution in [2.75, 3.05) is 18.5 Å². The highest BCUT2D eigenvalue weighted by Gasteiger charge is 2.36. The van der Waals surface area contributed by atoms with Crippen LogP contribution in [-0.2, 0) is 9.59 Å². The van der Waals surface area contributed by atoms with Crippen molar-refractivity contribution in [3.8, 4) is 5.75 Å². The molecule has 0 unspecified atom stereocenters. The summed E-state index contributed by atoms with van der Waals surface area (Å²) < 4.78 is 5.58. The average molecular weight is 560 g/mol. The number of ether oxygens (including phenoxy) is 1. The summed E-state index contributed by atoms with van der Waals surface area (Å²) in [5, 5.41) is 13.1. The van der Waals surface area contributed by atoms with Crippen LogP contribution in [0.3, 0.4) is 0 Å². The van der Waals surface area contributed by atoms with E-state index >= 15 is 0 Å². The first-order valence-electron chi connectivity index (χ1n) is 12.3. The van der Waals surface area contributed by atoms with Crippen LogP contribution in [0.25, 0.3) is 6.08 Å². The summed E-state index contributed by atoms with van der Waals surface area (Å²) in [5.74, 6) is -0.720. The van der Waals surface area contributed by atoms with Gasteiger partial charge in [0.05, 0.1) is 16.4 Å². The molecule has 3 aromatic carbocycles. The third-order valence-electron chi connectivity index (χ3n) is 5.98. The van der Waals surface area contributed by atoms with Crippen LogP contribution in [-0.4, -0.2) is 45.8 Å². The van der Waals surface area contributed by atoms with E-state index in [4.69, 9.17) is 4.74 Å². The van der Waals surface area contributed by atoms with Crippen LogP contribution in [0.1, 0.15) is 41.3 Å². The van der Waals surface area contributed by atoms with E-state index in [0.29, 0.717) is 23.1 Å². The number of para-hydroxylation sites is 1. The Bertz CT molecular complexity index is 1500. The van der Waals surface area contributed by atoms with E-state index in [1.807, 2.05) is 38.1 Å². The second-order valence-corrected chi connectivity index (χ2v) is 10.1. The molecule has 1 N–H and O–H groups in total. The number of thioether (sulfide) groups is 1. The molecule has 1 aliphatic heterocycles. The molecule has 3 amide bonds. The molecule has 0 saturated carbocycles. The van der Waals surface area contributed by atoms with Gasteiger partial charge in [-0.2, -0.15) is 0 Å². The smallest absolute Gasteiger partial charge is 0.293 e. The fourth-order valence-corrected chi connectivity index (χ4v) is 4.74. The molecule has 0 atom stereocenters. The molecule has 40 heavy (non-hydrogen) atoms. The van der Waals surface area contributed by atoms with Crippen LogP contribution < -0.4 is 10.1 Å². The molecule has 1 heterocycles. The lowest BCUT2D eigenvalue weighted by Crippen LogP contribution is -2.33. The number of carbonyl (C=O) groups is 4. The lowest BCUT2D eigenvalue weighted by atomic mass is 10.0. The maximum Gasteiger partial charge on any atom is 0.293 e. The Morgan fingerprint density at radius 1 is 1.02 bits per heavy atom. The lowest BCUT2D eigenvalue weighted by molar-refractivity contribution is -0.384. The summed E-state index contributed by atoms with van der Waals surface area (Å²) in [6.07, 6.45) is 1.53. The van der Waals surface area contributed by atoms with Crippen LogP contribution in [0, 0.1) is 10.1 Å². The Balaban J connectivity index is 1.33. The van der Waals surface area contributed by atoms with Crippen molar-refractivity contribution in [3.05, 3.63) is 105 Å². The van der Waals surface area contributed by atoms with Gasteiger partial charge < -0.3 is 10.1 Å². The minimum atomic E-state index is -0.607. The molecule has 1 saturated heterocycles. The molecule has 0 bridgehead atoms. The van der Waals surface area contributed by atoms with E-state index in [0.717, 1.165) is 16.2 Å². The predicted molar refractivity (Wildman–Crippen MR) is 151 cm³/mol. The van der Waals surface area contributed by atoms with Crippen LogP contribution in [0.5, 0.6) is 5.75 Å². The van der Waals surface area contributed by atoms with E-state index in [9.17, 15) is 29.3 Å². The molecular weight excluding hydrogens is 534 g/mol. The fraction of sp³-hybridized carbons (Fsp3) is 0.172. The van der Waals surface area contributed by atoms with E-state index in [-0.39, 0.29) is 34.6 Å². The van der Waals surface area contributed by atoms with Gasteiger partial charge in [-0.05, 0) is 65.2 Å². The van der Waals surface area contributed by atoms with Crippen LogP contribution in [0.15, 0.2) is 77.7 Å². The number of nitro groups is 1. The number of ketones is 1. The molecule has 0 aromatic heterocycles. The Morgan fingerprint density at radius 3 is 2.35 bits per heavy atom. The number of imide groups is 1. The first kappa shape index (κ1) is 28.2. The standard InChI is InChI=1S/C29H25N3O7S/c1-18(2)23-5-3-4-6-24(23)30-27(34)17-39-22-13-7-19(8-14-22)15-26-28(35)31(29(36)40-26)16-25(33)20-9-11-21(12-10-20)32(37)38/h3-15,18H,16-17H2,1-2H3,(H,30,34)/b26-15+. The first-order chi connectivity index (χ1) is 19.1. The number of nitrogens with zero attached hydrogens (tertiary/aromatic N) is 2. The van der Waals surface area contributed by atoms with Crippen molar-refractivity contribution in [1.82, 2.24) is 4.90 Å². The number of hydrogen-bond acceptors (Lipinski definition) is 8. The van der Waals surface area contributed by atoms with Crippen molar-refractivity contribution >= 4 is 52.0 Å². The fourth-order valence-electron chi connectivity index (χ4n) is 3.90. The van der Waals surface area contributed by atoms with E-state index < -0.39 is 28.4 Å². The Hall–Kier alpha value is -4.77. The number of hydrogen-bond donors (Lipinski definition) is 1. The number of amides is 3. The molecule has 0 aliphatic carbocycles. The average Bonchev–Trinajstić information content (AvgIpc) is 3.20. The quantitative estimate of drug-likeness (QED) is 0.146. The molecule has 3 aromatic rings. The summed E-state index contributed by atoms with van der Waals surface area (Å²) in [6.45, 7) is 3.43. The number of nitro benzene ring substituents is 1. The highest BCUT2D eigenvalue weighted by Crippen LogP contribution is 2.32. The van der Waals surface area contributed by atoms with Crippen LogP contribution >= 0.6 is 11.8 Å². The summed E-state index contributed by atoms with van der Waals surface area (Å²) in [5.41, 5.74) is 2.37. The Labute approximate surface area is 234 Å². The summed E-state index contributed by atoms with van der Waals surface area (Å²) >= 11 is 0.715. The van der Waals surface area contributed by atoms with E-state index in [1.165, 1.54) is 30.3 Å². The number of non-ortho nitro benzene ring substituents is 1. The molecule has 11 heteroatoms. The molecular formula is C29H25N3O7S. The molecule has 0 radical (unpaired) electrons. The van der Waals surface area contributed by atoms with Crippen molar-refractivity contribution < 1.29 is 28.8 Å². The zero-order chi connectivity index (χ0) is 28.8. The molecule has 10 nitrogen and oxygen atoms in total. The van der Waals surface area contributed by atoms with Gasteiger partial charge in [-0.3, -0.25) is 34.2 Å². The Kier molecular flexibility index (Phi) is 8.75. The normalized spacial score (nSPS) is 14.1. The molecule has 1 fully saturated rings. The van der Waals surface area contributed by atoms with E-state index in [1.54, 1.807) is 24.3 Å². The minimum absolute atomic E-state index is 0.151. The van der Waals surface area contributed by atoms with Crippen molar-refractivity contribution in [2.45, 2.75) is 19.8 Å². The van der Waals surface area contributed by atoms with Gasteiger partial charge in [0, 0.05) is 23.4 Å². The lowest BCUT2D eigenvalue weighted by Gasteiger charge is -2.14. The van der Waals surface area contributed by atoms with Crippen LogP contribution in [0.4, 0.5) is 16.2 Å². The van der Waals surface area contributed by atoms with Gasteiger partial charge in [-0.15, -0.1) is 0 Å². The van der Waals surface area contributed by atoms with Crippen molar-refractivity contribution in [1.29, 1.82) is 0 Å². The third kappa shape index (κ3) is 6.80. The predicted octanol–water partition coefficient (Wildman–Crippen LogP) is 5.65. The number of carbonyl (C=O) groups excluding carboxylic acids is 4. The molecule has 1 aliphatic rings. The summed E-state index contributed by atoms with van der Waals surface area (Å²) in [6, 6.07) is 19.2. The van der Waals surface area contributed by atoms with Gasteiger partial charge in [0.15, 0.2) is 12.4 Å². The van der Waals surface area contributed by atoms with Gasteiger partial charge in [0.2, 0.25) is 0 Å². The third-order valence-corrected chi connectivity index (χ3v) is 6.89. The number of nitrogens with one attached hydrogen (secondary N) is 1. The number of Topliss-reactive ketones (excluding diaryl/α,β-unsaturated/α-hetero) is 1. The monoisotopic (exact) mass is 559 g/mol. The zero-order valence-corrected chi connectivity index (χ0v) is 22.5. The van der Waals surface area contributed by atoms with E-state index in [2.05, 4.69) is 5.32 Å². The Morgan fingerprint density at radius 2 is 1.70 bits per heavy atom. The zero-order valence-electron chi connectivity index (χ0n) is 21.7. The van der Waals surface area contributed by atoms with Gasteiger partial charge >= 0.3 is 0 Å². The maximum atomic E-state index is 12.8. The first-order valence-corrected chi connectivity index (χ1v) is 13.1. The van der Waals surface area contributed by atoms with Crippen molar-refractivity contribution in [3.63, 3.8) is 0 Å². The molecule has 0 spiro atoms. The SMILES string of the molecule is CC(C)c1ccccc1NC(=O)COc1ccc(/C=C2/SC(=O)N(CC(=O)c3ccc([N+](=O)[O-])cc3)C2=O)cc1.